The van der Waals surface area contributed by atoms with E-state index in [2.05, 4.69) is 17.0 Å². The molecule has 1 aliphatic carbocycles. The number of phenolic OH excluding ortho intramolecular Hbond substituents is 1. The molecule has 3 rings (SSSR count). The Labute approximate surface area is 156 Å². The van der Waals surface area contributed by atoms with Gasteiger partial charge >= 0.3 is 6.09 Å². The molecule has 1 N–H and O–H groups in total. The molecular weight excluding hydrogens is 328 g/mol. The highest BCUT2D eigenvalue weighted by Crippen LogP contribution is 2.35. The first-order valence-corrected chi connectivity index (χ1v) is 9.83. The molecule has 1 aliphatic heterocycles. The van der Waals surface area contributed by atoms with E-state index in [1.807, 2.05) is 25.7 Å². The molecule has 26 heavy (non-hydrogen) atoms. The van der Waals surface area contributed by atoms with Gasteiger partial charge in [0.25, 0.3) is 0 Å². The van der Waals surface area contributed by atoms with Gasteiger partial charge in [-0.1, -0.05) is 12.1 Å². The number of carbonyl (C=O) groups excluding carboxylic acids is 1. The van der Waals surface area contributed by atoms with Crippen molar-refractivity contribution in [1.82, 2.24) is 9.80 Å². The van der Waals surface area contributed by atoms with Crippen molar-refractivity contribution in [2.75, 3.05) is 26.2 Å². The van der Waals surface area contributed by atoms with E-state index in [1.165, 1.54) is 31.2 Å². The predicted octanol–water partition coefficient (Wildman–Crippen LogP) is 3.97. The van der Waals surface area contributed by atoms with Crippen LogP contribution in [-0.4, -0.2) is 58.8 Å². The maximum atomic E-state index is 12.2. The van der Waals surface area contributed by atoms with Crippen LogP contribution >= 0.6 is 0 Å². The fourth-order valence-corrected chi connectivity index (χ4v) is 4.12. The third-order valence-corrected chi connectivity index (χ3v) is 5.54. The monoisotopic (exact) mass is 360 g/mol. The Morgan fingerprint density at radius 1 is 1.00 bits per heavy atom. The predicted molar refractivity (Wildman–Crippen MR) is 102 cm³/mol. The number of amides is 1. The molecule has 0 spiro atoms. The molecule has 1 heterocycles. The van der Waals surface area contributed by atoms with E-state index >= 15 is 0 Å². The lowest BCUT2D eigenvalue weighted by atomic mass is 9.81. The van der Waals surface area contributed by atoms with Gasteiger partial charge in [-0.2, -0.15) is 0 Å². The topological polar surface area (TPSA) is 53.0 Å². The van der Waals surface area contributed by atoms with E-state index in [0.717, 1.165) is 26.2 Å². The number of benzene rings is 1. The van der Waals surface area contributed by atoms with Gasteiger partial charge in [0.2, 0.25) is 0 Å². The Morgan fingerprint density at radius 3 is 2.12 bits per heavy atom. The Balaban J connectivity index is 1.45. The first-order chi connectivity index (χ1) is 12.3. The molecule has 0 aromatic heterocycles. The summed E-state index contributed by atoms with van der Waals surface area (Å²) in [5, 5.41) is 9.45. The molecule has 1 aromatic rings. The molecule has 1 aromatic carbocycles. The van der Waals surface area contributed by atoms with Crippen LogP contribution in [0, 0.1) is 0 Å². The lowest BCUT2D eigenvalue weighted by Crippen LogP contribution is -2.53. The summed E-state index contributed by atoms with van der Waals surface area (Å²) in [5.41, 5.74) is 0.914. The van der Waals surface area contributed by atoms with Crippen molar-refractivity contribution in [3.8, 4) is 5.75 Å². The van der Waals surface area contributed by atoms with E-state index < -0.39 is 5.60 Å². The number of carbonyl (C=O) groups is 1. The summed E-state index contributed by atoms with van der Waals surface area (Å²) in [4.78, 5) is 16.6. The average Bonchev–Trinajstić information content (AvgIpc) is 2.61. The highest BCUT2D eigenvalue weighted by Gasteiger charge is 2.31. The molecule has 2 fully saturated rings. The Kier molecular flexibility index (Phi) is 5.76. The second-order valence-electron chi connectivity index (χ2n) is 8.60. The summed E-state index contributed by atoms with van der Waals surface area (Å²) in [7, 11) is 0. The molecule has 0 bridgehead atoms. The van der Waals surface area contributed by atoms with Crippen LogP contribution in [-0.2, 0) is 4.74 Å². The number of nitrogens with zero attached hydrogens (tertiary/aromatic N) is 2. The zero-order chi connectivity index (χ0) is 18.7. The SMILES string of the molecule is CC(C)(C)OC(=O)N1CCN([C@H]2CC[C@H](c3ccc(O)cc3)CC2)CC1. The van der Waals surface area contributed by atoms with E-state index in [9.17, 15) is 9.90 Å². The van der Waals surface area contributed by atoms with Crippen molar-refractivity contribution in [3.05, 3.63) is 29.8 Å². The highest BCUT2D eigenvalue weighted by molar-refractivity contribution is 5.68. The lowest BCUT2D eigenvalue weighted by molar-refractivity contribution is 0.00788. The summed E-state index contributed by atoms with van der Waals surface area (Å²) in [6, 6.07) is 8.32. The number of ether oxygens (including phenoxy) is 1. The van der Waals surface area contributed by atoms with Gasteiger partial charge in [-0.05, 0) is 70.1 Å². The zero-order valence-corrected chi connectivity index (χ0v) is 16.3. The Bertz CT molecular complexity index is 593. The molecule has 0 unspecified atom stereocenters. The van der Waals surface area contributed by atoms with Crippen molar-refractivity contribution < 1.29 is 14.6 Å². The van der Waals surface area contributed by atoms with Crippen LogP contribution in [0.15, 0.2) is 24.3 Å². The largest absolute Gasteiger partial charge is 0.508 e. The zero-order valence-electron chi connectivity index (χ0n) is 16.3. The fourth-order valence-electron chi connectivity index (χ4n) is 4.12. The minimum atomic E-state index is -0.430. The van der Waals surface area contributed by atoms with Gasteiger partial charge in [-0.15, -0.1) is 0 Å². The fraction of sp³-hybridized carbons (Fsp3) is 0.667. The third-order valence-electron chi connectivity index (χ3n) is 5.54. The third kappa shape index (κ3) is 4.91. The molecule has 1 saturated heterocycles. The van der Waals surface area contributed by atoms with Crippen molar-refractivity contribution in [2.45, 2.75) is 64.0 Å². The Morgan fingerprint density at radius 2 is 1.58 bits per heavy atom. The van der Waals surface area contributed by atoms with Crippen molar-refractivity contribution in [1.29, 1.82) is 0 Å². The molecule has 2 aliphatic rings. The molecule has 144 valence electrons. The Hall–Kier alpha value is -1.75. The first-order valence-electron chi connectivity index (χ1n) is 9.83. The van der Waals surface area contributed by atoms with E-state index in [4.69, 9.17) is 4.74 Å². The van der Waals surface area contributed by atoms with Crippen LogP contribution in [0.25, 0.3) is 0 Å². The van der Waals surface area contributed by atoms with Crippen molar-refractivity contribution >= 4 is 6.09 Å². The van der Waals surface area contributed by atoms with Gasteiger partial charge in [-0.25, -0.2) is 4.79 Å². The minimum Gasteiger partial charge on any atom is -0.508 e. The maximum Gasteiger partial charge on any atom is 0.410 e. The van der Waals surface area contributed by atoms with Gasteiger partial charge in [0.1, 0.15) is 11.4 Å². The van der Waals surface area contributed by atoms with Crippen molar-refractivity contribution in [2.24, 2.45) is 0 Å². The molecule has 5 nitrogen and oxygen atoms in total. The average molecular weight is 360 g/mol. The summed E-state index contributed by atoms with van der Waals surface area (Å²) in [6.45, 7) is 9.12. The van der Waals surface area contributed by atoms with Crippen LogP contribution in [0.4, 0.5) is 4.79 Å². The number of piperazine rings is 1. The van der Waals surface area contributed by atoms with Crippen LogP contribution < -0.4 is 0 Å². The number of rotatable bonds is 2. The summed E-state index contributed by atoms with van der Waals surface area (Å²) in [6.07, 6.45) is 4.62. The molecular formula is C21H32N2O3. The number of phenols is 1. The van der Waals surface area contributed by atoms with Crippen LogP contribution in [0.1, 0.15) is 57.9 Å². The van der Waals surface area contributed by atoms with Crippen LogP contribution in [0.2, 0.25) is 0 Å². The number of hydrogen-bond donors (Lipinski definition) is 1. The van der Waals surface area contributed by atoms with Gasteiger partial charge in [0.05, 0.1) is 0 Å². The molecule has 1 saturated carbocycles. The van der Waals surface area contributed by atoms with Gasteiger partial charge < -0.3 is 14.7 Å². The quantitative estimate of drug-likeness (QED) is 0.867. The molecule has 1 amide bonds. The van der Waals surface area contributed by atoms with Crippen LogP contribution in [0.3, 0.4) is 0 Å². The standard InChI is InChI=1S/C21H32N2O3/c1-21(2,3)26-20(25)23-14-12-22(13-15-23)18-8-4-16(5-9-18)17-6-10-19(24)11-7-17/h6-7,10-11,16,18,24H,4-5,8-9,12-15H2,1-3H3/t16-,18-. The van der Waals surface area contributed by atoms with Gasteiger partial charge in [0, 0.05) is 32.2 Å². The summed E-state index contributed by atoms with van der Waals surface area (Å²) < 4.78 is 5.48. The van der Waals surface area contributed by atoms with Crippen molar-refractivity contribution in [3.63, 3.8) is 0 Å². The molecule has 0 atom stereocenters. The second-order valence-corrected chi connectivity index (χ2v) is 8.60. The van der Waals surface area contributed by atoms with Gasteiger partial charge in [-0.3, -0.25) is 4.90 Å². The lowest BCUT2D eigenvalue weighted by Gasteiger charge is -2.42. The maximum absolute atomic E-state index is 12.2. The van der Waals surface area contributed by atoms with E-state index in [0.29, 0.717) is 17.7 Å². The second kappa shape index (κ2) is 7.87. The summed E-state index contributed by atoms with van der Waals surface area (Å²) in [5.74, 6) is 0.945. The van der Waals surface area contributed by atoms with E-state index in [-0.39, 0.29) is 6.09 Å². The van der Waals surface area contributed by atoms with Crippen LogP contribution in [0.5, 0.6) is 5.75 Å². The van der Waals surface area contributed by atoms with Gasteiger partial charge in [0.15, 0.2) is 0 Å². The van der Waals surface area contributed by atoms with E-state index in [1.54, 1.807) is 12.1 Å². The molecule has 0 radical (unpaired) electrons. The smallest absolute Gasteiger partial charge is 0.410 e. The summed E-state index contributed by atoms with van der Waals surface area (Å²) >= 11 is 0. The number of hydrogen-bond acceptors (Lipinski definition) is 4. The molecule has 5 heteroatoms. The highest BCUT2D eigenvalue weighted by atomic mass is 16.6. The minimum absolute atomic E-state index is 0.187. The first kappa shape index (κ1) is 19.0. The number of aromatic hydroxyl groups is 1. The normalized spacial score (nSPS) is 25.1.